The summed E-state index contributed by atoms with van der Waals surface area (Å²) in [7, 11) is 0. The van der Waals surface area contributed by atoms with E-state index in [1.807, 2.05) is 24.3 Å². The number of halogens is 2. The molecule has 2 nitrogen and oxygen atoms in total. The van der Waals surface area contributed by atoms with Gasteiger partial charge in [-0.3, -0.25) is 0 Å². The molecule has 1 fully saturated rings. The SMILES string of the molecule is Cl.NC1(COc2ccc(Br)c3ccccc23)CC1. The van der Waals surface area contributed by atoms with E-state index in [1.54, 1.807) is 0 Å². The molecule has 0 atom stereocenters. The first kappa shape index (κ1) is 13.7. The Morgan fingerprint density at radius 1 is 1.11 bits per heavy atom. The predicted molar refractivity (Wildman–Crippen MR) is 80.5 cm³/mol. The van der Waals surface area contributed by atoms with Crippen LogP contribution in [0.15, 0.2) is 40.9 Å². The van der Waals surface area contributed by atoms with Crippen molar-refractivity contribution in [3.63, 3.8) is 0 Å². The van der Waals surface area contributed by atoms with E-state index >= 15 is 0 Å². The van der Waals surface area contributed by atoms with Gasteiger partial charge in [-0.25, -0.2) is 0 Å². The Bertz CT molecular complexity index is 569. The number of rotatable bonds is 3. The van der Waals surface area contributed by atoms with Crippen LogP contribution in [0.1, 0.15) is 12.8 Å². The van der Waals surface area contributed by atoms with Crippen LogP contribution in [0.4, 0.5) is 0 Å². The third-order valence-electron chi connectivity index (χ3n) is 3.24. The van der Waals surface area contributed by atoms with Gasteiger partial charge in [0.1, 0.15) is 12.4 Å². The zero-order valence-corrected chi connectivity index (χ0v) is 12.3. The van der Waals surface area contributed by atoms with Crippen LogP contribution in [-0.2, 0) is 0 Å². The van der Waals surface area contributed by atoms with E-state index in [4.69, 9.17) is 10.5 Å². The fraction of sp³-hybridized carbons (Fsp3) is 0.286. The van der Waals surface area contributed by atoms with Gasteiger partial charge in [0.2, 0.25) is 0 Å². The van der Waals surface area contributed by atoms with Crippen LogP contribution >= 0.6 is 28.3 Å². The van der Waals surface area contributed by atoms with E-state index in [2.05, 4.69) is 28.1 Å². The summed E-state index contributed by atoms with van der Waals surface area (Å²) >= 11 is 3.55. The van der Waals surface area contributed by atoms with Gasteiger partial charge in [-0.2, -0.15) is 0 Å². The molecular weight excluding hydrogens is 314 g/mol. The van der Waals surface area contributed by atoms with Gasteiger partial charge >= 0.3 is 0 Å². The summed E-state index contributed by atoms with van der Waals surface area (Å²) in [4.78, 5) is 0. The van der Waals surface area contributed by atoms with Crippen LogP contribution in [0.5, 0.6) is 5.75 Å². The summed E-state index contributed by atoms with van der Waals surface area (Å²) < 4.78 is 6.95. The molecule has 1 aliphatic rings. The predicted octanol–water partition coefficient (Wildman–Crippen LogP) is 3.89. The zero-order chi connectivity index (χ0) is 11.9. The molecule has 0 aromatic heterocycles. The van der Waals surface area contributed by atoms with Crippen molar-refractivity contribution >= 4 is 39.1 Å². The third-order valence-corrected chi connectivity index (χ3v) is 3.93. The van der Waals surface area contributed by atoms with Crippen LogP contribution in [0.2, 0.25) is 0 Å². The first-order valence-electron chi connectivity index (χ1n) is 5.77. The maximum absolute atomic E-state index is 6.03. The van der Waals surface area contributed by atoms with Crippen molar-refractivity contribution in [1.82, 2.24) is 0 Å². The van der Waals surface area contributed by atoms with Gasteiger partial charge in [-0.15, -0.1) is 12.4 Å². The molecule has 1 aliphatic carbocycles. The quantitative estimate of drug-likeness (QED) is 0.927. The molecule has 1 saturated carbocycles. The Kier molecular flexibility index (Phi) is 3.85. The Balaban J connectivity index is 0.00000120. The van der Waals surface area contributed by atoms with Gasteiger partial charge in [-0.1, -0.05) is 40.2 Å². The van der Waals surface area contributed by atoms with Crippen LogP contribution < -0.4 is 10.5 Å². The molecular formula is C14H15BrClNO. The fourth-order valence-corrected chi connectivity index (χ4v) is 2.36. The summed E-state index contributed by atoms with van der Waals surface area (Å²) in [6.07, 6.45) is 2.14. The average Bonchev–Trinajstić information content (AvgIpc) is 3.08. The van der Waals surface area contributed by atoms with Gasteiger partial charge in [0.25, 0.3) is 0 Å². The standard InChI is InChI=1S/C14H14BrNO.ClH/c15-12-5-6-13(17-9-14(16)7-8-14)11-4-2-1-3-10(11)12;/h1-6H,7-9,16H2;1H. The van der Waals surface area contributed by atoms with Gasteiger partial charge < -0.3 is 10.5 Å². The van der Waals surface area contributed by atoms with Crippen molar-refractivity contribution in [3.8, 4) is 5.75 Å². The second-order valence-corrected chi connectivity index (χ2v) is 5.60. The van der Waals surface area contributed by atoms with Gasteiger partial charge in [0.15, 0.2) is 0 Å². The van der Waals surface area contributed by atoms with Crippen molar-refractivity contribution in [2.75, 3.05) is 6.61 Å². The highest BCUT2D eigenvalue weighted by Crippen LogP contribution is 2.35. The molecule has 4 heteroatoms. The molecule has 0 unspecified atom stereocenters. The fourth-order valence-electron chi connectivity index (χ4n) is 1.89. The summed E-state index contributed by atoms with van der Waals surface area (Å²) in [5, 5.41) is 2.30. The van der Waals surface area contributed by atoms with Crippen molar-refractivity contribution in [2.24, 2.45) is 5.73 Å². The van der Waals surface area contributed by atoms with E-state index in [0.29, 0.717) is 6.61 Å². The number of benzene rings is 2. The van der Waals surface area contributed by atoms with Crippen molar-refractivity contribution in [1.29, 1.82) is 0 Å². The second-order valence-electron chi connectivity index (χ2n) is 4.74. The molecule has 3 rings (SSSR count). The first-order chi connectivity index (χ1) is 8.18. The summed E-state index contributed by atoms with van der Waals surface area (Å²) in [5.41, 5.74) is 5.96. The highest BCUT2D eigenvalue weighted by Gasteiger charge is 2.39. The average molecular weight is 329 g/mol. The molecule has 0 aliphatic heterocycles. The van der Waals surface area contributed by atoms with E-state index in [9.17, 15) is 0 Å². The maximum atomic E-state index is 6.03. The molecule has 18 heavy (non-hydrogen) atoms. The summed E-state index contributed by atoms with van der Waals surface area (Å²) in [5.74, 6) is 0.917. The molecule has 0 heterocycles. The lowest BCUT2D eigenvalue weighted by atomic mass is 10.1. The van der Waals surface area contributed by atoms with Gasteiger partial charge in [0, 0.05) is 9.86 Å². The highest BCUT2D eigenvalue weighted by atomic mass is 79.9. The molecule has 2 N–H and O–H groups in total. The number of ether oxygens (including phenoxy) is 1. The molecule has 96 valence electrons. The Hall–Kier alpha value is -0.770. The molecule has 0 bridgehead atoms. The molecule has 0 spiro atoms. The lowest BCUT2D eigenvalue weighted by Gasteiger charge is -2.13. The number of nitrogens with two attached hydrogens (primary N) is 1. The highest BCUT2D eigenvalue weighted by molar-refractivity contribution is 9.10. The number of fused-ring (bicyclic) bond motifs is 1. The molecule has 0 radical (unpaired) electrons. The van der Waals surface area contributed by atoms with Crippen molar-refractivity contribution in [3.05, 3.63) is 40.9 Å². The van der Waals surface area contributed by atoms with Crippen LogP contribution in [-0.4, -0.2) is 12.1 Å². The van der Waals surface area contributed by atoms with E-state index < -0.39 is 0 Å². The second kappa shape index (κ2) is 5.08. The molecule has 0 amide bonds. The topological polar surface area (TPSA) is 35.2 Å². The smallest absolute Gasteiger partial charge is 0.127 e. The zero-order valence-electron chi connectivity index (χ0n) is 9.86. The third kappa shape index (κ3) is 2.63. The van der Waals surface area contributed by atoms with Gasteiger partial charge in [-0.05, 0) is 30.4 Å². The van der Waals surface area contributed by atoms with Crippen LogP contribution in [0, 0.1) is 0 Å². The monoisotopic (exact) mass is 327 g/mol. The number of hydrogen-bond acceptors (Lipinski definition) is 2. The minimum atomic E-state index is -0.0752. The lowest BCUT2D eigenvalue weighted by molar-refractivity contribution is 0.282. The van der Waals surface area contributed by atoms with E-state index in [-0.39, 0.29) is 17.9 Å². The van der Waals surface area contributed by atoms with Crippen LogP contribution in [0.25, 0.3) is 10.8 Å². The minimum absolute atomic E-state index is 0. The Morgan fingerprint density at radius 3 is 2.44 bits per heavy atom. The maximum Gasteiger partial charge on any atom is 0.127 e. The van der Waals surface area contributed by atoms with Crippen molar-refractivity contribution in [2.45, 2.75) is 18.4 Å². The van der Waals surface area contributed by atoms with Gasteiger partial charge in [0.05, 0.1) is 5.54 Å². The molecule has 0 saturated heterocycles. The number of hydrogen-bond donors (Lipinski definition) is 1. The van der Waals surface area contributed by atoms with Crippen LogP contribution in [0.3, 0.4) is 0 Å². The molecule has 2 aromatic rings. The van der Waals surface area contributed by atoms with E-state index in [1.165, 1.54) is 5.39 Å². The lowest BCUT2D eigenvalue weighted by Crippen LogP contribution is -2.29. The summed E-state index contributed by atoms with van der Waals surface area (Å²) in [6.45, 7) is 0.610. The Labute approximate surface area is 121 Å². The summed E-state index contributed by atoms with van der Waals surface area (Å²) in [6, 6.07) is 12.2. The Morgan fingerprint density at radius 2 is 1.78 bits per heavy atom. The largest absolute Gasteiger partial charge is 0.491 e. The van der Waals surface area contributed by atoms with Crippen molar-refractivity contribution < 1.29 is 4.74 Å². The van der Waals surface area contributed by atoms with E-state index in [0.717, 1.165) is 28.5 Å². The normalized spacial score (nSPS) is 16.1. The minimum Gasteiger partial charge on any atom is -0.491 e. The first-order valence-corrected chi connectivity index (χ1v) is 6.56. The molecule has 2 aromatic carbocycles.